The number of benzene rings is 1. The largest absolute Gasteiger partial charge is 0.461 e. The third kappa shape index (κ3) is 4.70. The average Bonchev–Trinajstić information content (AvgIpc) is 3.28. The standard InChI is InChI=1S/C21H28N4O2/c1-4-18-17(19(5-2)27-25-18)14-24-21(22-6-3)23-12-11-16-13-15-9-7-8-10-20(15)26-16/h7-10,13H,4-6,11-12,14H2,1-3H3,(H2,22,23,24). The van der Waals surface area contributed by atoms with Crippen LogP contribution in [0.25, 0.3) is 11.0 Å². The summed E-state index contributed by atoms with van der Waals surface area (Å²) in [6, 6.07) is 10.2. The highest BCUT2D eigenvalue weighted by molar-refractivity contribution is 5.80. The first-order chi connectivity index (χ1) is 13.2. The van der Waals surface area contributed by atoms with Crippen molar-refractivity contribution in [3.8, 4) is 0 Å². The number of guanidine groups is 1. The van der Waals surface area contributed by atoms with E-state index in [0.717, 1.165) is 72.1 Å². The Labute approximate surface area is 160 Å². The van der Waals surface area contributed by atoms with Gasteiger partial charge in [0.05, 0.1) is 12.2 Å². The van der Waals surface area contributed by atoms with E-state index >= 15 is 0 Å². The van der Waals surface area contributed by atoms with Crippen molar-refractivity contribution in [2.45, 2.75) is 46.6 Å². The molecule has 0 aliphatic carbocycles. The van der Waals surface area contributed by atoms with Gasteiger partial charge >= 0.3 is 0 Å². The van der Waals surface area contributed by atoms with Crippen LogP contribution in [0.4, 0.5) is 0 Å². The number of nitrogens with zero attached hydrogens (tertiary/aromatic N) is 2. The van der Waals surface area contributed by atoms with E-state index in [-0.39, 0.29) is 0 Å². The van der Waals surface area contributed by atoms with Crippen molar-refractivity contribution in [2.24, 2.45) is 4.99 Å². The summed E-state index contributed by atoms with van der Waals surface area (Å²) >= 11 is 0. The van der Waals surface area contributed by atoms with Gasteiger partial charge in [0.15, 0.2) is 5.96 Å². The summed E-state index contributed by atoms with van der Waals surface area (Å²) in [5.74, 6) is 2.69. The van der Waals surface area contributed by atoms with E-state index in [1.54, 1.807) is 0 Å². The molecule has 144 valence electrons. The summed E-state index contributed by atoms with van der Waals surface area (Å²) in [6.07, 6.45) is 2.48. The Kier molecular flexibility index (Phi) is 6.52. The molecular formula is C21H28N4O2. The first-order valence-corrected chi connectivity index (χ1v) is 9.71. The molecule has 0 unspecified atom stereocenters. The number of hydrogen-bond donors (Lipinski definition) is 2. The molecule has 0 saturated heterocycles. The highest BCUT2D eigenvalue weighted by Gasteiger charge is 2.13. The van der Waals surface area contributed by atoms with E-state index in [9.17, 15) is 0 Å². The minimum Gasteiger partial charge on any atom is -0.461 e. The zero-order valence-corrected chi connectivity index (χ0v) is 16.3. The number of nitrogens with one attached hydrogen (secondary N) is 2. The maximum Gasteiger partial charge on any atom is 0.191 e. The molecule has 0 aliphatic rings. The second-order valence-corrected chi connectivity index (χ2v) is 6.36. The van der Waals surface area contributed by atoms with Crippen molar-refractivity contribution in [1.82, 2.24) is 15.8 Å². The summed E-state index contributed by atoms with van der Waals surface area (Å²) in [6.45, 7) is 8.34. The highest BCUT2D eigenvalue weighted by Crippen LogP contribution is 2.19. The van der Waals surface area contributed by atoms with Gasteiger partial charge in [0, 0.05) is 36.9 Å². The van der Waals surface area contributed by atoms with Gasteiger partial charge in [-0.15, -0.1) is 0 Å². The quantitative estimate of drug-likeness (QED) is 0.467. The lowest BCUT2D eigenvalue weighted by Crippen LogP contribution is -2.38. The molecule has 0 spiro atoms. The van der Waals surface area contributed by atoms with Gasteiger partial charge in [0.1, 0.15) is 17.1 Å². The minimum absolute atomic E-state index is 0.565. The molecule has 0 atom stereocenters. The maximum absolute atomic E-state index is 5.87. The maximum atomic E-state index is 5.87. The fourth-order valence-corrected chi connectivity index (χ4v) is 3.08. The third-order valence-corrected chi connectivity index (χ3v) is 4.49. The molecule has 0 saturated carbocycles. The second kappa shape index (κ2) is 9.26. The SMILES string of the molecule is CCNC(=NCc1c(CC)noc1CC)NCCc1cc2ccccc2o1. The lowest BCUT2D eigenvalue weighted by molar-refractivity contribution is 0.380. The van der Waals surface area contributed by atoms with Gasteiger partial charge in [-0.05, 0) is 25.5 Å². The lowest BCUT2D eigenvalue weighted by Gasteiger charge is -2.10. The molecule has 3 rings (SSSR count). The molecule has 2 heterocycles. The first-order valence-electron chi connectivity index (χ1n) is 9.71. The van der Waals surface area contributed by atoms with E-state index in [1.807, 2.05) is 18.2 Å². The Morgan fingerprint density at radius 2 is 1.96 bits per heavy atom. The molecule has 6 heteroatoms. The monoisotopic (exact) mass is 368 g/mol. The molecule has 0 aliphatic heterocycles. The molecule has 0 amide bonds. The highest BCUT2D eigenvalue weighted by atomic mass is 16.5. The third-order valence-electron chi connectivity index (χ3n) is 4.49. The van der Waals surface area contributed by atoms with Gasteiger partial charge in [0.25, 0.3) is 0 Å². The van der Waals surface area contributed by atoms with Crippen LogP contribution in [-0.2, 0) is 25.8 Å². The van der Waals surface area contributed by atoms with Crippen molar-refractivity contribution in [3.05, 3.63) is 53.1 Å². The number of hydrogen-bond acceptors (Lipinski definition) is 4. The zero-order valence-electron chi connectivity index (χ0n) is 16.3. The number of aliphatic imine (C=N–C) groups is 1. The Bertz CT molecular complexity index is 840. The second-order valence-electron chi connectivity index (χ2n) is 6.36. The van der Waals surface area contributed by atoms with Crippen LogP contribution in [0.2, 0.25) is 0 Å². The first kappa shape index (κ1) is 19.0. The smallest absolute Gasteiger partial charge is 0.191 e. The van der Waals surface area contributed by atoms with E-state index < -0.39 is 0 Å². The predicted molar refractivity (Wildman–Crippen MR) is 108 cm³/mol. The molecule has 1 aromatic carbocycles. The van der Waals surface area contributed by atoms with Crippen LogP contribution >= 0.6 is 0 Å². The van der Waals surface area contributed by atoms with Crippen LogP contribution in [-0.4, -0.2) is 24.2 Å². The fraction of sp³-hybridized carbons (Fsp3) is 0.429. The number of aryl methyl sites for hydroxylation is 2. The van der Waals surface area contributed by atoms with Crippen molar-refractivity contribution >= 4 is 16.9 Å². The molecule has 6 nitrogen and oxygen atoms in total. The Hall–Kier alpha value is -2.76. The van der Waals surface area contributed by atoms with Crippen molar-refractivity contribution in [2.75, 3.05) is 13.1 Å². The average molecular weight is 368 g/mol. The molecule has 3 aromatic rings. The van der Waals surface area contributed by atoms with Crippen molar-refractivity contribution in [3.63, 3.8) is 0 Å². The van der Waals surface area contributed by atoms with E-state index in [4.69, 9.17) is 13.9 Å². The van der Waals surface area contributed by atoms with Gasteiger partial charge in [-0.25, -0.2) is 4.99 Å². The van der Waals surface area contributed by atoms with Gasteiger partial charge in [0.2, 0.25) is 0 Å². The Morgan fingerprint density at radius 3 is 2.70 bits per heavy atom. The Balaban J connectivity index is 1.61. The number of aromatic nitrogens is 1. The van der Waals surface area contributed by atoms with Gasteiger partial charge < -0.3 is 19.6 Å². The van der Waals surface area contributed by atoms with Crippen LogP contribution in [0.3, 0.4) is 0 Å². The molecule has 0 radical (unpaired) electrons. The lowest BCUT2D eigenvalue weighted by atomic mass is 10.1. The zero-order chi connectivity index (χ0) is 19.1. The number of fused-ring (bicyclic) bond motifs is 1. The topological polar surface area (TPSA) is 75.6 Å². The van der Waals surface area contributed by atoms with Crippen LogP contribution in [0.5, 0.6) is 0 Å². The molecule has 0 fully saturated rings. The molecule has 0 bridgehead atoms. The summed E-state index contributed by atoms with van der Waals surface area (Å²) in [7, 11) is 0. The van der Waals surface area contributed by atoms with Gasteiger partial charge in [-0.3, -0.25) is 0 Å². The Morgan fingerprint density at radius 1 is 1.11 bits per heavy atom. The van der Waals surface area contributed by atoms with Gasteiger partial charge in [-0.2, -0.15) is 0 Å². The number of furan rings is 1. The van der Waals surface area contributed by atoms with Crippen LogP contribution < -0.4 is 10.6 Å². The normalized spacial score (nSPS) is 11.9. The number of rotatable bonds is 8. The molecule has 27 heavy (non-hydrogen) atoms. The molecule has 2 N–H and O–H groups in total. The predicted octanol–water partition coefficient (Wildman–Crippen LogP) is 3.84. The summed E-state index contributed by atoms with van der Waals surface area (Å²) in [5.41, 5.74) is 3.03. The molecular weight excluding hydrogens is 340 g/mol. The summed E-state index contributed by atoms with van der Waals surface area (Å²) in [4.78, 5) is 4.71. The van der Waals surface area contributed by atoms with Crippen molar-refractivity contribution in [1.29, 1.82) is 0 Å². The minimum atomic E-state index is 0.565. The summed E-state index contributed by atoms with van der Waals surface area (Å²) in [5, 5.41) is 12.0. The van der Waals surface area contributed by atoms with Crippen molar-refractivity contribution < 1.29 is 8.94 Å². The number of para-hydroxylation sites is 1. The van der Waals surface area contributed by atoms with Crippen LogP contribution in [0.1, 0.15) is 43.5 Å². The fourth-order valence-electron chi connectivity index (χ4n) is 3.08. The van der Waals surface area contributed by atoms with Gasteiger partial charge in [-0.1, -0.05) is 37.2 Å². The van der Waals surface area contributed by atoms with E-state index in [1.165, 1.54) is 0 Å². The van der Waals surface area contributed by atoms with Crippen LogP contribution in [0.15, 0.2) is 44.3 Å². The van der Waals surface area contributed by atoms with Crippen LogP contribution in [0, 0.1) is 0 Å². The van der Waals surface area contributed by atoms with E-state index in [0.29, 0.717) is 6.54 Å². The molecule has 2 aromatic heterocycles. The summed E-state index contributed by atoms with van der Waals surface area (Å²) < 4.78 is 11.3. The van der Waals surface area contributed by atoms with E-state index in [2.05, 4.69) is 48.7 Å².